The van der Waals surface area contributed by atoms with E-state index in [2.05, 4.69) is 64.1 Å². The number of hydrogen-bond acceptors (Lipinski definition) is 3. The van der Waals surface area contributed by atoms with Crippen LogP contribution in [0.15, 0.2) is 35.3 Å². The van der Waals surface area contributed by atoms with Gasteiger partial charge < -0.3 is 16.0 Å². The number of amides is 1. The second kappa shape index (κ2) is 14.7. The molecule has 0 radical (unpaired) electrons. The highest BCUT2D eigenvalue weighted by Crippen LogP contribution is 2.07. The Kier molecular flexibility index (Phi) is 13.9. The highest BCUT2D eigenvalue weighted by atomic mass is 127. The molecule has 3 N–H and O–H groups in total. The van der Waals surface area contributed by atoms with Gasteiger partial charge in [-0.1, -0.05) is 44.2 Å². The lowest BCUT2D eigenvalue weighted by atomic mass is 10.1. The maximum Gasteiger partial charge on any atom is 0.222 e. The van der Waals surface area contributed by atoms with Crippen LogP contribution >= 0.6 is 24.0 Å². The van der Waals surface area contributed by atoms with Gasteiger partial charge in [0.1, 0.15) is 0 Å². The van der Waals surface area contributed by atoms with Gasteiger partial charge in [-0.3, -0.25) is 14.7 Å². The second-order valence-corrected chi connectivity index (χ2v) is 6.91. The number of rotatable bonds is 10. The molecule has 27 heavy (non-hydrogen) atoms. The third-order valence-corrected chi connectivity index (χ3v) is 4.35. The Bertz CT molecular complexity index is 551. The summed E-state index contributed by atoms with van der Waals surface area (Å²) >= 11 is 0. The quantitative estimate of drug-likeness (QED) is 0.205. The Morgan fingerprint density at radius 3 is 2.22 bits per heavy atom. The summed E-state index contributed by atoms with van der Waals surface area (Å²) in [6.45, 7) is 9.05. The number of carbonyl (C=O) groups is 1. The normalized spacial score (nSPS) is 12.5. The van der Waals surface area contributed by atoms with Gasteiger partial charge in [0.25, 0.3) is 0 Å². The van der Waals surface area contributed by atoms with Crippen molar-refractivity contribution >= 4 is 35.8 Å². The molecule has 1 unspecified atom stereocenters. The first-order chi connectivity index (χ1) is 12.4. The van der Waals surface area contributed by atoms with Crippen molar-refractivity contribution in [1.29, 1.82) is 0 Å². The molecule has 1 rings (SSSR count). The second-order valence-electron chi connectivity index (χ2n) is 6.91. The number of hydrogen-bond donors (Lipinski definition) is 3. The molecule has 0 aromatic heterocycles. The van der Waals surface area contributed by atoms with Gasteiger partial charge >= 0.3 is 0 Å². The van der Waals surface area contributed by atoms with Crippen LogP contribution in [0.4, 0.5) is 0 Å². The van der Waals surface area contributed by atoms with E-state index < -0.39 is 0 Å². The van der Waals surface area contributed by atoms with Gasteiger partial charge in [0.05, 0.1) is 0 Å². The summed E-state index contributed by atoms with van der Waals surface area (Å²) in [5.74, 6) is 0.855. The molecule has 0 heterocycles. The van der Waals surface area contributed by atoms with E-state index in [0.29, 0.717) is 19.1 Å². The fourth-order valence-corrected chi connectivity index (χ4v) is 2.44. The Balaban J connectivity index is 0.00000676. The molecule has 0 aliphatic heterocycles. The minimum atomic E-state index is 0. The van der Waals surface area contributed by atoms with Gasteiger partial charge in [0.2, 0.25) is 5.91 Å². The monoisotopic (exact) mass is 489 g/mol. The highest BCUT2D eigenvalue weighted by molar-refractivity contribution is 14.0. The largest absolute Gasteiger partial charge is 0.356 e. The predicted molar refractivity (Wildman–Crippen MR) is 125 cm³/mol. The summed E-state index contributed by atoms with van der Waals surface area (Å²) in [6.07, 6.45) is 1.02. The molecule has 1 aromatic carbocycles. The maximum atomic E-state index is 11.5. The summed E-state index contributed by atoms with van der Waals surface area (Å²) in [5, 5.41) is 9.43. The number of guanidine groups is 1. The summed E-state index contributed by atoms with van der Waals surface area (Å²) in [5.41, 5.74) is 1.33. The van der Waals surface area contributed by atoms with Crippen LogP contribution in [0.2, 0.25) is 0 Å². The first-order valence-electron chi connectivity index (χ1n) is 9.40. The van der Waals surface area contributed by atoms with Crippen LogP contribution in [-0.2, 0) is 11.3 Å². The minimum Gasteiger partial charge on any atom is -0.356 e. The SMILES string of the molecule is CN=C(NCCNC(=O)C(C)C)NCCC(C)N(C)Cc1ccccc1.I. The number of benzene rings is 1. The Morgan fingerprint density at radius 1 is 1.04 bits per heavy atom. The van der Waals surface area contributed by atoms with Gasteiger partial charge in [0.15, 0.2) is 5.96 Å². The molecular weight excluding hydrogens is 453 g/mol. The third-order valence-electron chi connectivity index (χ3n) is 4.35. The number of nitrogens with one attached hydrogen (secondary N) is 3. The van der Waals surface area contributed by atoms with Crippen molar-refractivity contribution in [2.24, 2.45) is 10.9 Å². The zero-order valence-corrected chi connectivity index (χ0v) is 19.6. The van der Waals surface area contributed by atoms with Crippen LogP contribution in [-0.4, -0.2) is 56.5 Å². The van der Waals surface area contributed by atoms with Crippen molar-refractivity contribution in [2.75, 3.05) is 33.7 Å². The molecule has 0 saturated carbocycles. The summed E-state index contributed by atoms with van der Waals surface area (Å²) in [7, 11) is 3.91. The molecule has 7 heteroatoms. The number of halogens is 1. The van der Waals surface area contributed by atoms with E-state index in [1.54, 1.807) is 7.05 Å². The van der Waals surface area contributed by atoms with E-state index in [9.17, 15) is 4.79 Å². The zero-order valence-electron chi connectivity index (χ0n) is 17.3. The van der Waals surface area contributed by atoms with Crippen LogP contribution in [0.25, 0.3) is 0 Å². The van der Waals surface area contributed by atoms with Crippen LogP contribution in [0, 0.1) is 5.92 Å². The van der Waals surface area contributed by atoms with E-state index in [4.69, 9.17) is 0 Å². The summed E-state index contributed by atoms with van der Waals surface area (Å²) in [6, 6.07) is 11.0. The van der Waals surface area contributed by atoms with Gasteiger partial charge in [-0.15, -0.1) is 24.0 Å². The molecule has 0 fully saturated rings. The van der Waals surface area contributed by atoms with Crippen molar-refractivity contribution in [1.82, 2.24) is 20.9 Å². The van der Waals surface area contributed by atoms with E-state index in [1.807, 2.05) is 19.9 Å². The summed E-state index contributed by atoms with van der Waals surface area (Å²) < 4.78 is 0. The molecule has 0 aliphatic carbocycles. The van der Waals surface area contributed by atoms with Crippen molar-refractivity contribution in [3.63, 3.8) is 0 Å². The van der Waals surface area contributed by atoms with E-state index in [-0.39, 0.29) is 35.8 Å². The van der Waals surface area contributed by atoms with E-state index in [1.165, 1.54) is 5.56 Å². The number of nitrogens with zero attached hydrogens (tertiary/aromatic N) is 2. The third kappa shape index (κ3) is 11.2. The fraction of sp³-hybridized carbons (Fsp3) is 0.600. The first kappa shape index (κ1) is 25.6. The molecule has 0 bridgehead atoms. The fourth-order valence-electron chi connectivity index (χ4n) is 2.44. The van der Waals surface area contributed by atoms with Crippen LogP contribution in [0.3, 0.4) is 0 Å². The van der Waals surface area contributed by atoms with E-state index >= 15 is 0 Å². The molecule has 1 amide bonds. The lowest BCUT2D eigenvalue weighted by Crippen LogP contribution is -2.43. The zero-order chi connectivity index (χ0) is 19.4. The van der Waals surface area contributed by atoms with Crippen molar-refractivity contribution in [3.05, 3.63) is 35.9 Å². The topological polar surface area (TPSA) is 68.8 Å². The van der Waals surface area contributed by atoms with E-state index in [0.717, 1.165) is 25.5 Å². The predicted octanol–water partition coefficient (Wildman–Crippen LogP) is 2.45. The lowest BCUT2D eigenvalue weighted by Gasteiger charge is -2.25. The molecule has 0 spiro atoms. The molecule has 1 atom stereocenters. The maximum absolute atomic E-state index is 11.5. The average Bonchev–Trinajstić information content (AvgIpc) is 2.63. The summed E-state index contributed by atoms with van der Waals surface area (Å²) in [4.78, 5) is 18.1. The first-order valence-corrected chi connectivity index (χ1v) is 9.40. The molecule has 0 aliphatic rings. The minimum absolute atomic E-state index is 0. The smallest absolute Gasteiger partial charge is 0.222 e. The van der Waals surface area contributed by atoms with Crippen LogP contribution in [0.5, 0.6) is 0 Å². The Morgan fingerprint density at radius 2 is 1.63 bits per heavy atom. The van der Waals surface area contributed by atoms with Gasteiger partial charge in [0, 0.05) is 45.2 Å². The van der Waals surface area contributed by atoms with Crippen molar-refractivity contribution < 1.29 is 4.79 Å². The van der Waals surface area contributed by atoms with Crippen LogP contribution < -0.4 is 16.0 Å². The molecule has 6 nitrogen and oxygen atoms in total. The Hall–Kier alpha value is -1.35. The van der Waals surface area contributed by atoms with Gasteiger partial charge in [-0.25, -0.2) is 0 Å². The van der Waals surface area contributed by atoms with Gasteiger partial charge in [-0.2, -0.15) is 0 Å². The number of carbonyl (C=O) groups excluding carboxylic acids is 1. The number of aliphatic imine (C=N–C) groups is 1. The van der Waals surface area contributed by atoms with Crippen molar-refractivity contribution in [3.8, 4) is 0 Å². The highest BCUT2D eigenvalue weighted by Gasteiger charge is 2.10. The molecule has 154 valence electrons. The standard InChI is InChI=1S/C20H35N5O.HI/c1-16(2)19(26)22-13-14-24-20(21-4)23-12-11-17(3)25(5)15-18-9-7-6-8-10-18;/h6-10,16-17H,11-15H2,1-5H3,(H,22,26)(H2,21,23,24);1H. The molecule has 1 aromatic rings. The molecular formula is C20H36IN5O. The Labute approximate surface area is 181 Å². The van der Waals surface area contributed by atoms with Crippen LogP contribution in [0.1, 0.15) is 32.8 Å². The molecule has 0 saturated heterocycles. The average molecular weight is 489 g/mol. The van der Waals surface area contributed by atoms with Gasteiger partial charge in [-0.05, 0) is 26.0 Å². The van der Waals surface area contributed by atoms with Crippen molar-refractivity contribution in [2.45, 2.75) is 39.8 Å². The lowest BCUT2D eigenvalue weighted by molar-refractivity contribution is -0.123.